The zero-order valence-corrected chi connectivity index (χ0v) is 17.3. The Labute approximate surface area is 173 Å². The van der Waals surface area contributed by atoms with Crippen LogP contribution in [-0.2, 0) is 30.7 Å². The Morgan fingerprint density at radius 3 is 2.66 bits per heavy atom. The van der Waals surface area contributed by atoms with E-state index in [9.17, 15) is 4.79 Å². The van der Waals surface area contributed by atoms with Gasteiger partial charge in [-0.05, 0) is 60.7 Å². The third-order valence-electron chi connectivity index (χ3n) is 5.92. The van der Waals surface area contributed by atoms with Crippen LogP contribution in [0.4, 0.5) is 0 Å². The minimum Gasteiger partial charge on any atom is -0.484 e. The zero-order valence-electron chi connectivity index (χ0n) is 17.3. The molecule has 1 heterocycles. The predicted octanol–water partition coefficient (Wildman–Crippen LogP) is 2.62. The number of nitrogens with zero attached hydrogens (tertiary/aromatic N) is 2. The molecule has 2 aromatic carbocycles. The fourth-order valence-corrected chi connectivity index (χ4v) is 4.14. The SMILES string of the molecule is CN1CCN(Cc2cccc(CNC(=O)COc3ccc4c(c3)CCC4)c2)CC1. The molecule has 2 aromatic rings. The average molecular weight is 394 g/mol. The van der Waals surface area contributed by atoms with Gasteiger partial charge in [0, 0.05) is 39.3 Å². The highest BCUT2D eigenvalue weighted by Gasteiger charge is 2.14. The first-order valence-electron chi connectivity index (χ1n) is 10.7. The number of rotatable bonds is 7. The first kappa shape index (κ1) is 19.9. The van der Waals surface area contributed by atoms with Crippen molar-refractivity contribution in [3.8, 4) is 5.75 Å². The van der Waals surface area contributed by atoms with Gasteiger partial charge < -0.3 is 15.0 Å². The Kier molecular flexibility index (Phi) is 6.47. The van der Waals surface area contributed by atoms with E-state index in [2.05, 4.69) is 58.6 Å². The fraction of sp³-hybridized carbons (Fsp3) is 0.458. The lowest BCUT2D eigenvalue weighted by Crippen LogP contribution is -2.43. The molecule has 1 aliphatic carbocycles. The first-order valence-corrected chi connectivity index (χ1v) is 10.7. The number of fused-ring (bicyclic) bond motifs is 1. The van der Waals surface area contributed by atoms with Gasteiger partial charge in [-0.25, -0.2) is 0 Å². The Morgan fingerprint density at radius 1 is 1.00 bits per heavy atom. The van der Waals surface area contributed by atoms with Gasteiger partial charge in [-0.15, -0.1) is 0 Å². The van der Waals surface area contributed by atoms with Crippen molar-refractivity contribution in [2.75, 3.05) is 39.8 Å². The fourth-order valence-electron chi connectivity index (χ4n) is 4.14. The third-order valence-corrected chi connectivity index (χ3v) is 5.92. The summed E-state index contributed by atoms with van der Waals surface area (Å²) in [5, 5.41) is 2.97. The molecule has 0 unspecified atom stereocenters. The molecule has 0 saturated carbocycles. The average Bonchev–Trinajstić information content (AvgIpc) is 3.21. The summed E-state index contributed by atoms with van der Waals surface area (Å²) in [6.07, 6.45) is 3.49. The molecular weight excluding hydrogens is 362 g/mol. The second kappa shape index (κ2) is 9.42. The number of aryl methyl sites for hydroxylation is 2. The summed E-state index contributed by atoms with van der Waals surface area (Å²) in [5.41, 5.74) is 5.21. The molecule has 0 aromatic heterocycles. The van der Waals surface area contributed by atoms with Crippen LogP contribution in [0.5, 0.6) is 5.75 Å². The van der Waals surface area contributed by atoms with Crippen LogP contribution in [0.1, 0.15) is 28.7 Å². The highest BCUT2D eigenvalue weighted by atomic mass is 16.5. The van der Waals surface area contributed by atoms with E-state index < -0.39 is 0 Å². The quantitative estimate of drug-likeness (QED) is 0.786. The van der Waals surface area contributed by atoms with Crippen LogP contribution in [0, 0.1) is 0 Å². The summed E-state index contributed by atoms with van der Waals surface area (Å²) in [7, 11) is 2.18. The number of carbonyl (C=O) groups is 1. The lowest BCUT2D eigenvalue weighted by molar-refractivity contribution is -0.123. The maximum absolute atomic E-state index is 12.2. The monoisotopic (exact) mass is 393 g/mol. The maximum Gasteiger partial charge on any atom is 0.258 e. The number of likely N-dealkylation sites (N-methyl/N-ethyl adjacent to an activating group) is 1. The number of amides is 1. The Morgan fingerprint density at radius 2 is 1.79 bits per heavy atom. The van der Waals surface area contributed by atoms with Crippen LogP contribution in [0.3, 0.4) is 0 Å². The summed E-state index contributed by atoms with van der Waals surface area (Å²) in [6.45, 7) is 6.02. The van der Waals surface area contributed by atoms with Crippen molar-refractivity contribution in [3.05, 3.63) is 64.7 Å². The normalized spacial score (nSPS) is 17.1. The molecule has 5 heteroatoms. The van der Waals surface area contributed by atoms with Crippen molar-refractivity contribution in [1.29, 1.82) is 0 Å². The summed E-state index contributed by atoms with van der Waals surface area (Å²) in [6, 6.07) is 14.7. The van der Waals surface area contributed by atoms with Gasteiger partial charge in [-0.3, -0.25) is 9.69 Å². The van der Waals surface area contributed by atoms with Crippen LogP contribution in [-0.4, -0.2) is 55.5 Å². The van der Waals surface area contributed by atoms with Gasteiger partial charge in [0.25, 0.3) is 5.91 Å². The van der Waals surface area contributed by atoms with E-state index in [1.165, 1.54) is 23.1 Å². The minimum absolute atomic E-state index is 0.0553. The van der Waals surface area contributed by atoms with Crippen molar-refractivity contribution in [2.45, 2.75) is 32.4 Å². The van der Waals surface area contributed by atoms with Gasteiger partial charge in [0.15, 0.2) is 6.61 Å². The van der Waals surface area contributed by atoms with Gasteiger partial charge >= 0.3 is 0 Å². The molecule has 1 saturated heterocycles. The van der Waals surface area contributed by atoms with Gasteiger partial charge in [-0.1, -0.05) is 30.3 Å². The maximum atomic E-state index is 12.2. The summed E-state index contributed by atoms with van der Waals surface area (Å²) in [4.78, 5) is 17.1. The summed E-state index contributed by atoms with van der Waals surface area (Å²) >= 11 is 0. The van der Waals surface area contributed by atoms with Crippen molar-refractivity contribution in [1.82, 2.24) is 15.1 Å². The van der Waals surface area contributed by atoms with Crippen molar-refractivity contribution < 1.29 is 9.53 Å². The van der Waals surface area contributed by atoms with Crippen LogP contribution < -0.4 is 10.1 Å². The number of piperazine rings is 1. The molecule has 154 valence electrons. The molecule has 1 aliphatic heterocycles. The molecule has 0 atom stereocenters. The van der Waals surface area contributed by atoms with Gasteiger partial charge in [0.2, 0.25) is 0 Å². The molecule has 0 spiro atoms. The number of carbonyl (C=O) groups excluding carboxylic acids is 1. The second-order valence-electron chi connectivity index (χ2n) is 8.25. The van der Waals surface area contributed by atoms with E-state index in [4.69, 9.17) is 4.74 Å². The van der Waals surface area contributed by atoms with E-state index in [-0.39, 0.29) is 12.5 Å². The van der Waals surface area contributed by atoms with E-state index in [1.54, 1.807) is 0 Å². The highest BCUT2D eigenvalue weighted by Crippen LogP contribution is 2.25. The van der Waals surface area contributed by atoms with E-state index >= 15 is 0 Å². The minimum atomic E-state index is -0.0880. The first-order chi connectivity index (χ1) is 14.2. The van der Waals surface area contributed by atoms with Crippen molar-refractivity contribution in [3.63, 3.8) is 0 Å². The number of hydrogen-bond donors (Lipinski definition) is 1. The van der Waals surface area contributed by atoms with Crippen molar-refractivity contribution in [2.24, 2.45) is 0 Å². The molecule has 29 heavy (non-hydrogen) atoms. The second-order valence-corrected chi connectivity index (χ2v) is 8.25. The van der Waals surface area contributed by atoms with Crippen LogP contribution >= 0.6 is 0 Å². The van der Waals surface area contributed by atoms with Gasteiger partial charge in [0.1, 0.15) is 5.75 Å². The lowest BCUT2D eigenvalue weighted by Gasteiger charge is -2.32. The number of benzene rings is 2. The lowest BCUT2D eigenvalue weighted by atomic mass is 10.1. The zero-order chi connectivity index (χ0) is 20.1. The molecule has 0 bridgehead atoms. The van der Waals surface area contributed by atoms with Gasteiger partial charge in [0.05, 0.1) is 0 Å². The number of hydrogen-bond acceptors (Lipinski definition) is 4. The molecule has 4 rings (SSSR count). The predicted molar refractivity (Wildman–Crippen MR) is 115 cm³/mol. The number of nitrogens with one attached hydrogen (secondary N) is 1. The van der Waals surface area contributed by atoms with E-state index in [0.717, 1.165) is 56.9 Å². The molecule has 0 radical (unpaired) electrons. The van der Waals surface area contributed by atoms with Crippen LogP contribution in [0.15, 0.2) is 42.5 Å². The van der Waals surface area contributed by atoms with Crippen molar-refractivity contribution >= 4 is 5.91 Å². The van der Waals surface area contributed by atoms with Crippen LogP contribution in [0.2, 0.25) is 0 Å². The largest absolute Gasteiger partial charge is 0.484 e. The highest BCUT2D eigenvalue weighted by molar-refractivity contribution is 5.77. The Hall–Kier alpha value is -2.37. The third kappa shape index (κ3) is 5.58. The summed E-state index contributed by atoms with van der Waals surface area (Å²) in [5.74, 6) is 0.699. The molecular formula is C24H31N3O2. The topological polar surface area (TPSA) is 44.8 Å². The van der Waals surface area contributed by atoms with Crippen LogP contribution in [0.25, 0.3) is 0 Å². The van der Waals surface area contributed by atoms with E-state index in [0.29, 0.717) is 6.54 Å². The molecule has 5 nitrogen and oxygen atoms in total. The Bertz CT molecular complexity index is 844. The summed E-state index contributed by atoms with van der Waals surface area (Å²) < 4.78 is 5.69. The van der Waals surface area contributed by atoms with Gasteiger partial charge in [-0.2, -0.15) is 0 Å². The van der Waals surface area contributed by atoms with E-state index in [1.807, 2.05) is 6.07 Å². The molecule has 2 aliphatic rings. The molecule has 1 N–H and O–H groups in total. The standard InChI is InChI=1S/C24H31N3O2/c1-26-10-12-27(13-11-26)17-20-5-2-4-19(14-20)16-25-24(28)18-29-23-9-8-21-6-3-7-22(21)15-23/h2,4-5,8-9,14-15H,3,6-7,10-13,16-18H2,1H3,(H,25,28). The smallest absolute Gasteiger partial charge is 0.258 e. The molecule has 1 amide bonds. The Balaban J connectivity index is 1.23. The molecule has 1 fully saturated rings. The number of ether oxygens (including phenoxy) is 1.